The molecule has 10 heteroatoms. The molecule has 0 unspecified atom stereocenters. The maximum atomic E-state index is 13.7. The molecule has 3 rings (SSSR count). The van der Waals surface area contributed by atoms with Gasteiger partial charge in [0.2, 0.25) is 0 Å². The zero-order valence-electron chi connectivity index (χ0n) is 19.6. The number of rotatable bonds is 6. The van der Waals surface area contributed by atoms with Crippen LogP contribution in [0.25, 0.3) is 0 Å². The van der Waals surface area contributed by atoms with Gasteiger partial charge in [0.1, 0.15) is 10.9 Å². The number of hydrogen-bond donors (Lipinski definition) is 1. The van der Waals surface area contributed by atoms with Crippen LogP contribution in [0.1, 0.15) is 52.0 Å². The molecule has 1 aromatic carbocycles. The van der Waals surface area contributed by atoms with Crippen LogP contribution in [-0.2, 0) is 23.9 Å². The molecule has 4 atom stereocenters. The van der Waals surface area contributed by atoms with Gasteiger partial charge in [0, 0.05) is 29.0 Å². The van der Waals surface area contributed by atoms with Gasteiger partial charge in [-0.15, -0.1) is 0 Å². The van der Waals surface area contributed by atoms with Crippen molar-refractivity contribution in [2.24, 2.45) is 11.8 Å². The number of benzene rings is 1. The average Bonchev–Trinajstić information content (AvgIpc) is 2.77. The number of nitro benzene ring substituents is 1. The third-order valence-corrected chi connectivity index (χ3v) is 6.67. The smallest absolute Gasteiger partial charge is 0.337 e. The van der Waals surface area contributed by atoms with Crippen molar-refractivity contribution in [3.63, 3.8) is 0 Å². The van der Waals surface area contributed by atoms with Crippen molar-refractivity contribution in [2.45, 2.75) is 52.6 Å². The van der Waals surface area contributed by atoms with Gasteiger partial charge in [-0.2, -0.15) is 0 Å². The van der Waals surface area contributed by atoms with E-state index in [2.05, 4.69) is 5.32 Å². The maximum absolute atomic E-state index is 13.7. The predicted molar refractivity (Wildman–Crippen MR) is 124 cm³/mol. The Kier molecular flexibility index (Phi) is 7.45. The minimum absolute atomic E-state index is 0.0719. The Balaban J connectivity index is 2.23. The number of nitrogens with one attached hydrogen (secondary N) is 1. The summed E-state index contributed by atoms with van der Waals surface area (Å²) in [5, 5.41) is 14.6. The number of hydrogen-bond acceptors (Lipinski definition) is 8. The number of Topliss-reactive ketones (excluding diaryl/α,β-unsaturated/α-hetero) is 1. The van der Waals surface area contributed by atoms with Gasteiger partial charge < -0.3 is 14.8 Å². The fourth-order valence-electron chi connectivity index (χ4n) is 4.46. The van der Waals surface area contributed by atoms with E-state index in [1.54, 1.807) is 20.8 Å². The predicted octanol–water partition coefficient (Wildman–Crippen LogP) is 4.20. The second kappa shape index (κ2) is 9.97. The van der Waals surface area contributed by atoms with Gasteiger partial charge in [0.25, 0.3) is 5.69 Å². The minimum Gasteiger partial charge on any atom is -0.468 e. The quantitative estimate of drug-likeness (QED) is 0.272. The summed E-state index contributed by atoms with van der Waals surface area (Å²) in [5.74, 6) is -4.17. The van der Waals surface area contributed by atoms with E-state index in [4.69, 9.17) is 21.1 Å². The molecule has 0 saturated heterocycles. The minimum atomic E-state index is -1.06. The molecule has 1 aromatic rings. The van der Waals surface area contributed by atoms with E-state index in [0.29, 0.717) is 29.8 Å². The van der Waals surface area contributed by atoms with Crippen LogP contribution >= 0.6 is 11.6 Å². The fourth-order valence-corrected chi connectivity index (χ4v) is 4.65. The Hall–Kier alpha value is -3.20. The van der Waals surface area contributed by atoms with Crippen LogP contribution in [0.3, 0.4) is 0 Å². The molecule has 1 heterocycles. The first-order valence-electron chi connectivity index (χ1n) is 11.0. The van der Waals surface area contributed by atoms with Gasteiger partial charge in [0.05, 0.1) is 23.7 Å². The monoisotopic (exact) mass is 490 g/mol. The molecule has 0 spiro atoms. The molecule has 0 bridgehead atoms. The number of halogens is 1. The Morgan fingerprint density at radius 1 is 1.35 bits per heavy atom. The van der Waals surface area contributed by atoms with Crippen molar-refractivity contribution in [1.29, 1.82) is 0 Å². The van der Waals surface area contributed by atoms with Crippen molar-refractivity contribution in [2.75, 3.05) is 7.11 Å². The number of dihydropyridines is 1. The molecule has 0 fully saturated rings. The summed E-state index contributed by atoms with van der Waals surface area (Å²) in [5.41, 5.74) is 1.37. The average molecular weight is 491 g/mol. The summed E-state index contributed by atoms with van der Waals surface area (Å²) in [4.78, 5) is 50.3. The number of nitrogens with zero attached hydrogens (tertiary/aromatic N) is 1. The van der Waals surface area contributed by atoms with Gasteiger partial charge in [-0.3, -0.25) is 19.7 Å². The molecular weight excluding hydrogens is 464 g/mol. The molecule has 2 aliphatic rings. The summed E-state index contributed by atoms with van der Waals surface area (Å²) < 4.78 is 10.4. The topological polar surface area (TPSA) is 125 Å². The lowest BCUT2D eigenvalue weighted by atomic mass is 9.69. The lowest BCUT2D eigenvalue weighted by Gasteiger charge is -2.38. The fraction of sp³-hybridized carbons (Fsp3) is 0.458. The van der Waals surface area contributed by atoms with E-state index < -0.39 is 34.5 Å². The summed E-state index contributed by atoms with van der Waals surface area (Å²) in [6.07, 6.45) is 0.559. The summed E-state index contributed by atoms with van der Waals surface area (Å²) in [6, 6.07) is 4.15. The molecule has 0 radical (unpaired) electrons. The standard InChI is InChI=1S/C24H27ClN2O7/c1-6-12(3)34-24(30)19-13(4)26-16-9-11(2)18(23(29)33-5)22(28)21(16)20(19)14-7-8-15(25)17(10-14)27(31)32/h7-8,10-12,18,20,26H,6,9H2,1-5H3/t11-,12-,18-,20+/m0/s1. The van der Waals surface area contributed by atoms with Crippen LogP contribution in [0.2, 0.25) is 5.02 Å². The number of methoxy groups -OCH3 is 1. The van der Waals surface area contributed by atoms with Gasteiger partial charge >= 0.3 is 11.9 Å². The number of ether oxygens (including phenoxy) is 2. The molecule has 0 saturated carbocycles. The normalized spacial score (nSPS) is 23.1. The molecule has 34 heavy (non-hydrogen) atoms. The van der Waals surface area contributed by atoms with Crippen molar-refractivity contribution < 1.29 is 28.8 Å². The van der Waals surface area contributed by atoms with Gasteiger partial charge in [0.15, 0.2) is 5.78 Å². The zero-order chi connectivity index (χ0) is 25.3. The van der Waals surface area contributed by atoms with E-state index >= 15 is 0 Å². The Morgan fingerprint density at radius 3 is 2.62 bits per heavy atom. The highest BCUT2D eigenvalue weighted by Gasteiger charge is 2.47. The van der Waals surface area contributed by atoms with E-state index in [9.17, 15) is 24.5 Å². The van der Waals surface area contributed by atoms with E-state index in [1.807, 2.05) is 6.92 Å². The number of carbonyl (C=O) groups is 3. The first-order valence-corrected chi connectivity index (χ1v) is 11.4. The third kappa shape index (κ3) is 4.57. The second-order valence-corrected chi connectivity index (χ2v) is 9.03. The molecule has 1 aliphatic carbocycles. The number of esters is 2. The van der Waals surface area contributed by atoms with Crippen molar-refractivity contribution >= 4 is 35.0 Å². The third-order valence-electron chi connectivity index (χ3n) is 6.35. The van der Waals surface area contributed by atoms with Gasteiger partial charge in [-0.05, 0) is 44.2 Å². The largest absolute Gasteiger partial charge is 0.468 e. The first kappa shape index (κ1) is 25.4. The van der Waals surface area contributed by atoms with Crippen molar-refractivity contribution in [3.8, 4) is 0 Å². The molecule has 1 N–H and O–H groups in total. The number of allylic oxidation sites excluding steroid dienone is 3. The number of nitro groups is 1. The molecule has 1 aliphatic heterocycles. The maximum Gasteiger partial charge on any atom is 0.337 e. The molecule has 9 nitrogen and oxygen atoms in total. The number of ketones is 1. The molecule has 0 aromatic heterocycles. The van der Waals surface area contributed by atoms with Gasteiger partial charge in [-0.1, -0.05) is 31.5 Å². The highest BCUT2D eigenvalue weighted by molar-refractivity contribution is 6.32. The molecular formula is C24H27ClN2O7. The van der Waals surface area contributed by atoms with Crippen LogP contribution in [0.5, 0.6) is 0 Å². The molecule has 182 valence electrons. The van der Waals surface area contributed by atoms with Crippen molar-refractivity contribution in [3.05, 3.63) is 61.4 Å². The van der Waals surface area contributed by atoms with Crippen molar-refractivity contribution in [1.82, 2.24) is 5.32 Å². The lowest BCUT2D eigenvalue weighted by Crippen LogP contribution is -2.43. The highest BCUT2D eigenvalue weighted by atomic mass is 35.5. The van der Waals surface area contributed by atoms with Crippen LogP contribution in [0.4, 0.5) is 5.69 Å². The van der Waals surface area contributed by atoms with Crippen LogP contribution in [0, 0.1) is 22.0 Å². The van der Waals surface area contributed by atoms with Gasteiger partial charge in [-0.25, -0.2) is 4.79 Å². The Bertz CT molecular complexity index is 1120. The number of carbonyl (C=O) groups excluding carboxylic acids is 3. The van der Waals surface area contributed by atoms with E-state index in [1.165, 1.54) is 25.3 Å². The highest BCUT2D eigenvalue weighted by Crippen LogP contribution is 2.46. The Morgan fingerprint density at radius 2 is 2.03 bits per heavy atom. The van der Waals surface area contributed by atoms with Crippen LogP contribution < -0.4 is 5.32 Å². The summed E-state index contributed by atoms with van der Waals surface area (Å²) >= 11 is 6.02. The second-order valence-electron chi connectivity index (χ2n) is 8.63. The molecule has 0 amide bonds. The summed E-state index contributed by atoms with van der Waals surface area (Å²) in [7, 11) is 1.21. The first-order chi connectivity index (χ1) is 16.0. The Labute approximate surface area is 202 Å². The van der Waals surface area contributed by atoms with E-state index in [0.717, 1.165) is 0 Å². The lowest BCUT2D eigenvalue weighted by molar-refractivity contribution is -0.384. The SMILES string of the molecule is CC[C@H](C)OC(=O)C1=C(C)NC2=C(C(=O)[C@@H](C(=O)OC)[C@@H](C)C2)[C@@H]1c1ccc(Cl)c([N+](=O)[O-])c1. The zero-order valence-corrected chi connectivity index (χ0v) is 20.4. The van der Waals surface area contributed by atoms with E-state index in [-0.39, 0.29) is 33.9 Å². The van der Waals surface area contributed by atoms with Crippen LogP contribution in [0.15, 0.2) is 40.7 Å². The summed E-state index contributed by atoms with van der Waals surface area (Å²) in [6.45, 7) is 7.08. The van der Waals surface area contributed by atoms with Crippen LogP contribution in [-0.4, -0.2) is 35.9 Å².